The predicted molar refractivity (Wildman–Crippen MR) is 77.0 cm³/mol. The van der Waals surface area contributed by atoms with E-state index in [0.29, 0.717) is 5.02 Å². The van der Waals surface area contributed by atoms with Crippen LogP contribution in [0.15, 0.2) is 59.7 Å². The van der Waals surface area contributed by atoms with E-state index in [9.17, 15) is 0 Å². The summed E-state index contributed by atoms with van der Waals surface area (Å²) in [4.78, 5) is 0. The molecular weight excluding hydrogens is 300 g/mol. The SMILES string of the molecule is Clc1ccc(N/N=C(\Br)c2ccccc2)cc1. The van der Waals surface area contributed by atoms with E-state index < -0.39 is 0 Å². The van der Waals surface area contributed by atoms with E-state index in [4.69, 9.17) is 11.6 Å². The van der Waals surface area contributed by atoms with Crippen LogP contribution in [0.1, 0.15) is 5.56 Å². The van der Waals surface area contributed by atoms with Gasteiger partial charge in [0.1, 0.15) is 4.62 Å². The number of nitrogens with one attached hydrogen (secondary N) is 1. The van der Waals surface area contributed by atoms with E-state index in [1.807, 2.05) is 54.6 Å². The molecule has 0 atom stereocenters. The summed E-state index contributed by atoms with van der Waals surface area (Å²) in [6.45, 7) is 0. The summed E-state index contributed by atoms with van der Waals surface area (Å²) < 4.78 is 0.757. The molecule has 0 aliphatic heterocycles. The molecule has 0 aromatic heterocycles. The minimum absolute atomic E-state index is 0.710. The van der Waals surface area contributed by atoms with Crippen molar-refractivity contribution in [1.82, 2.24) is 0 Å². The zero-order valence-electron chi connectivity index (χ0n) is 8.90. The summed E-state index contributed by atoms with van der Waals surface area (Å²) in [6.07, 6.45) is 0. The summed E-state index contributed by atoms with van der Waals surface area (Å²) in [5.74, 6) is 0. The number of hydrogen-bond donors (Lipinski definition) is 1. The van der Waals surface area contributed by atoms with Crippen molar-refractivity contribution < 1.29 is 0 Å². The van der Waals surface area contributed by atoms with E-state index in [0.717, 1.165) is 15.9 Å². The van der Waals surface area contributed by atoms with E-state index in [1.165, 1.54) is 0 Å². The van der Waals surface area contributed by atoms with Crippen LogP contribution in [0.3, 0.4) is 0 Å². The topological polar surface area (TPSA) is 24.4 Å². The second kappa shape index (κ2) is 5.84. The van der Waals surface area contributed by atoms with Crippen LogP contribution < -0.4 is 5.43 Å². The lowest BCUT2D eigenvalue weighted by atomic mass is 10.2. The van der Waals surface area contributed by atoms with Crippen LogP contribution in [0.4, 0.5) is 5.69 Å². The van der Waals surface area contributed by atoms with Crippen molar-refractivity contribution in [3.63, 3.8) is 0 Å². The monoisotopic (exact) mass is 308 g/mol. The van der Waals surface area contributed by atoms with Crippen LogP contribution in [0, 0.1) is 0 Å². The van der Waals surface area contributed by atoms with Crippen LogP contribution in [0.5, 0.6) is 0 Å². The smallest absolute Gasteiger partial charge is 0.133 e. The number of halogens is 2. The lowest BCUT2D eigenvalue weighted by molar-refractivity contribution is 1.35. The fraction of sp³-hybridized carbons (Fsp3) is 0. The van der Waals surface area contributed by atoms with Crippen molar-refractivity contribution in [2.45, 2.75) is 0 Å². The molecule has 0 aliphatic rings. The highest BCUT2D eigenvalue weighted by Crippen LogP contribution is 2.14. The van der Waals surface area contributed by atoms with Gasteiger partial charge in [-0.3, -0.25) is 5.43 Å². The second-order valence-electron chi connectivity index (χ2n) is 3.39. The Hall–Kier alpha value is -1.32. The summed E-state index contributed by atoms with van der Waals surface area (Å²) in [7, 11) is 0. The van der Waals surface area contributed by atoms with E-state index in [2.05, 4.69) is 26.5 Å². The Morgan fingerprint density at radius 1 is 1.00 bits per heavy atom. The van der Waals surface area contributed by atoms with Crippen molar-refractivity contribution in [2.24, 2.45) is 5.10 Å². The maximum absolute atomic E-state index is 5.80. The van der Waals surface area contributed by atoms with E-state index in [-0.39, 0.29) is 0 Å². The fourth-order valence-electron chi connectivity index (χ4n) is 1.28. The van der Waals surface area contributed by atoms with Crippen LogP contribution in [0.2, 0.25) is 5.02 Å². The molecule has 0 bridgehead atoms. The van der Waals surface area contributed by atoms with Crippen LogP contribution in [0.25, 0.3) is 0 Å². The average molecular weight is 310 g/mol. The average Bonchev–Trinajstić information content (AvgIpc) is 2.39. The number of rotatable bonds is 3. The zero-order chi connectivity index (χ0) is 12.1. The Balaban J connectivity index is 2.08. The Bertz CT molecular complexity index is 509. The van der Waals surface area contributed by atoms with Gasteiger partial charge in [0.2, 0.25) is 0 Å². The van der Waals surface area contributed by atoms with Gasteiger partial charge in [-0.15, -0.1) is 0 Å². The molecule has 0 unspecified atom stereocenters. The standard InChI is InChI=1S/C13H10BrClN2/c14-13(10-4-2-1-3-5-10)17-16-12-8-6-11(15)7-9-12/h1-9,16H/b17-13-. The normalized spacial score (nSPS) is 11.3. The van der Waals surface area contributed by atoms with Gasteiger partial charge in [-0.1, -0.05) is 41.9 Å². The minimum atomic E-state index is 0.710. The van der Waals surface area contributed by atoms with Crippen LogP contribution in [-0.4, -0.2) is 4.62 Å². The first-order valence-electron chi connectivity index (χ1n) is 5.06. The molecule has 1 N–H and O–H groups in total. The zero-order valence-corrected chi connectivity index (χ0v) is 11.2. The maximum atomic E-state index is 5.80. The molecule has 4 heteroatoms. The lowest BCUT2D eigenvalue weighted by Crippen LogP contribution is -1.96. The molecule has 0 spiro atoms. The Morgan fingerprint density at radius 3 is 2.29 bits per heavy atom. The molecule has 17 heavy (non-hydrogen) atoms. The third-order valence-corrected chi connectivity index (χ3v) is 3.03. The summed E-state index contributed by atoms with van der Waals surface area (Å²) in [5, 5.41) is 4.94. The molecule has 86 valence electrons. The van der Waals surface area contributed by atoms with Crippen LogP contribution in [-0.2, 0) is 0 Å². The maximum Gasteiger partial charge on any atom is 0.133 e. The molecule has 0 radical (unpaired) electrons. The number of anilines is 1. The largest absolute Gasteiger partial charge is 0.277 e. The summed E-state index contributed by atoms with van der Waals surface area (Å²) in [5.41, 5.74) is 4.87. The van der Waals surface area contributed by atoms with Crippen LogP contribution >= 0.6 is 27.5 Å². The van der Waals surface area contributed by atoms with Gasteiger partial charge in [0.25, 0.3) is 0 Å². The number of hydrazone groups is 1. The summed E-state index contributed by atoms with van der Waals surface area (Å²) >= 11 is 9.22. The van der Waals surface area contributed by atoms with Gasteiger partial charge in [0.15, 0.2) is 0 Å². The quantitative estimate of drug-likeness (QED) is 0.655. The van der Waals surface area contributed by atoms with Crippen molar-refractivity contribution in [1.29, 1.82) is 0 Å². The molecule has 0 fully saturated rings. The second-order valence-corrected chi connectivity index (χ2v) is 4.57. The van der Waals surface area contributed by atoms with Gasteiger partial charge in [-0.05, 0) is 40.2 Å². The lowest BCUT2D eigenvalue weighted by Gasteiger charge is -2.02. The molecule has 2 nitrogen and oxygen atoms in total. The molecule has 0 saturated carbocycles. The number of hydrogen-bond acceptors (Lipinski definition) is 2. The van der Waals surface area contributed by atoms with Gasteiger partial charge in [-0.2, -0.15) is 5.10 Å². The highest BCUT2D eigenvalue weighted by Gasteiger charge is 1.97. The first-order valence-corrected chi connectivity index (χ1v) is 6.23. The fourth-order valence-corrected chi connectivity index (χ4v) is 1.76. The molecule has 2 aromatic carbocycles. The van der Waals surface area contributed by atoms with Crippen molar-refractivity contribution in [3.05, 3.63) is 65.2 Å². The molecule has 0 amide bonds. The first kappa shape index (κ1) is 12.1. The van der Waals surface area contributed by atoms with Crippen molar-refractivity contribution >= 4 is 37.8 Å². The van der Waals surface area contributed by atoms with Gasteiger partial charge in [0.05, 0.1) is 5.69 Å². The summed E-state index contributed by atoms with van der Waals surface area (Å²) in [6, 6.07) is 17.2. The van der Waals surface area contributed by atoms with Crippen molar-refractivity contribution in [3.8, 4) is 0 Å². The van der Waals surface area contributed by atoms with Gasteiger partial charge in [-0.25, -0.2) is 0 Å². The highest BCUT2D eigenvalue weighted by molar-refractivity contribution is 9.18. The predicted octanol–water partition coefficient (Wildman–Crippen LogP) is 4.51. The van der Waals surface area contributed by atoms with Gasteiger partial charge in [0, 0.05) is 10.6 Å². The first-order chi connectivity index (χ1) is 8.25. The highest BCUT2D eigenvalue weighted by atomic mass is 79.9. The Kier molecular flexibility index (Phi) is 4.18. The van der Waals surface area contributed by atoms with Gasteiger partial charge < -0.3 is 0 Å². The van der Waals surface area contributed by atoms with Crippen molar-refractivity contribution in [2.75, 3.05) is 5.43 Å². The minimum Gasteiger partial charge on any atom is -0.277 e. The third kappa shape index (κ3) is 3.58. The van der Waals surface area contributed by atoms with E-state index >= 15 is 0 Å². The molecule has 0 aliphatic carbocycles. The number of nitrogens with zero attached hydrogens (tertiary/aromatic N) is 1. The third-order valence-electron chi connectivity index (χ3n) is 2.14. The van der Waals surface area contributed by atoms with Gasteiger partial charge >= 0.3 is 0 Å². The molecule has 0 saturated heterocycles. The molecule has 2 aromatic rings. The molecule has 0 heterocycles. The Morgan fingerprint density at radius 2 is 1.65 bits per heavy atom. The molecule has 2 rings (SSSR count). The number of benzene rings is 2. The van der Waals surface area contributed by atoms with E-state index in [1.54, 1.807) is 0 Å². The molecular formula is C13H10BrClN2. The Labute approximate surface area is 113 Å².